The fourth-order valence-corrected chi connectivity index (χ4v) is 5.72. The number of fused-ring (bicyclic) bond motifs is 1. The van der Waals surface area contributed by atoms with E-state index in [9.17, 15) is 19.2 Å². The highest BCUT2D eigenvalue weighted by molar-refractivity contribution is 6.00. The third kappa shape index (κ3) is 6.70. The van der Waals surface area contributed by atoms with Gasteiger partial charge in [0.05, 0.1) is 7.11 Å². The molecule has 9 nitrogen and oxygen atoms in total. The van der Waals surface area contributed by atoms with Gasteiger partial charge in [-0.1, -0.05) is 50.3 Å². The number of aromatic nitrogens is 1. The molecule has 1 saturated carbocycles. The summed E-state index contributed by atoms with van der Waals surface area (Å²) in [4.78, 5) is 54.9. The Kier molecular flexibility index (Phi) is 8.19. The lowest BCUT2D eigenvalue weighted by Gasteiger charge is -2.28. The quantitative estimate of drug-likeness (QED) is 0.385. The summed E-state index contributed by atoms with van der Waals surface area (Å²) in [5, 5.41) is 9.54. The van der Waals surface area contributed by atoms with Crippen LogP contribution in [-0.2, 0) is 19.1 Å². The van der Waals surface area contributed by atoms with Crippen molar-refractivity contribution in [2.45, 2.75) is 82.8 Å². The summed E-state index contributed by atoms with van der Waals surface area (Å²) >= 11 is 0. The maximum atomic E-state index is 13.5. The number of ether oxygens (including phenoxy) is 1. The number of nitrogens with one attached hydrogen (secondary N) is 4. The molecular formula is C28H38N4O5. The minimum Gasteiger partial charge on any atom is -0.467 e. The molecule has 0 spiro atoms. The van der Waals surface area contributed by atoms with Crippen molar-refractivity contribution in [3.05, 3.63) is 36.0 Å². The Labute approximate surface area is 217 Å². The van der Waals surface area contributed by atoms with Crippen molar-refractivity contribution in [3.8, 4) is 0 Å². The second kappa shape index (κ2) is 11.4. The maximum Gasteiger partial charge on any atom is 0.328 e. The first-order valence-electron chi connectivity index (χ1n) is 13.2. The Morgan fingerprint density at radius 3 is 2.43 bits per heavy atom. The van der Waals surface area contributed by atoms with E-state index in [2.05, 4.69) is 20.9 Å². The number of para-hydroxylation sites is 1. The Bertz CT molecular complexity index is 1120. The average molecular weight is 511 g/mol. The number of methoxy groups -OCH3 is 1. The van der Waals surface area contributed by atoms with Crippen LogP contribution in [0.3, 0.4) is 0 Å². The van der Waals surface area contributed by atoms with Gasteiger partial charge in [0.25, 0.3) is 5.91 Å². The molecule has 9 heteroatoms. The van der Waals surface area contributed by atoms with Gasteiger partial charge in [0.15, 0.2) is 0 Å². The van der Waals surface area contributed by atoms with E-state index in [1.165, 1.54) is 13.5 Å². The van der Waals surface area contributed by atoms with E-state index in [-0.39, 0.29) is 23.8 Å². The summed E-state index contributed by atoms with van der Waals surface area (Å²) in [5.74, 6) is -1.67. The molecule has 0 radical (unpaired) electrons. The van der Waals surface area contributed by atoms with Crippen molar-refractivity contribution < 1.29 is 23.9 Å². The molecule has 2 aromatic rings. The summed E-state index contributed by atoms with van der Waals surface area (Å²) < 4.78 is 4.95. The molecule has 1 aromatic heterocycles. The van der Waals surface area contributed by atoms with Gasteiger partial charge in [0.2, 0.25) is 11.8 Å². The van der Waals surface area contributed by atoms with Crippen LogP contribution in [0.25, 0.3) is 10.9 Å². The van der Waals surface area contributed by atoms with Gasteiger partial charge in [-0.25, -0.2) is 4.79 Å². The van der Waals surface area contributed by atoms with E-state index < -0.39 is 29.9 Å². The van der Waals surface area contributed by atoms with E-state index in [4.69, 9.17) is 4.74 Å². The van der Waals surface area contributed by atoms with E-state index >= 15 is 0 Å². The van der Waals surface area contributed by atoms with Gasteiger partial charge >= 0.3 is 5.97 Å². The van der Waals surface area contributed by atoms with Gasteiger partial charge in [-0.15, -0.1) is 0 Å². The van der Waals surface area contributed by atoms with Crippen LogP contribution in [0.1, 0.15) is 75.7 Å². The van der Waals surface area contributed by atoms with Gasteiger partial charge in [-0.3, -0.25) is 14.4 Å². The van der Waals surface area contributed by atoms with E-state index in [1.807, 2.05) is 38.1 Å². The molecular weight excluding hydrogens is 472 g/mol. The number of aromatic amines is 1. The smallest absolute Gasteiger partial charge is 0.328 e. The highest BCUT2D eigenvalue weighted by Gasteiger charge is 2.40. The van der Waals surface area contributed by atoms with Crippen LogP contribution < -0.4 is 16.0 Å². The lowest BCUT2D eigenvalue weighted by Crippen LogP contribution is -2.53. The van der Waals surface area contributed by atoms with Gasteiger partial charge in [-0.05, 0) is 51.2 Å². The number of carbonyl (C=O) groups excluding carboxylic acids is 4. The summed E-state index contributed by atoms with van der Waals surface area (Å²) in [6.45, 7) is 3.85. The summed E-state index contributed by atoms with van der Waals surface area (Å²) in [6.07, 6.45) is 6.57. The van der Waals surface area contributed by atoms with E-state index in [1.54, 1.807) is 6.07 Å². The van der Waals surface area contributed by atoms with E-state index in [0.717, 1.165) is 36.6 Å². The first-order chi connectivity index (χ1) is 17.6. The number of esters is 1. The average Bonchev–Trinajstić information content (AvgIpc) is 3.42. The van der Waals surface area contributed by atoms with Gasteiger partial charge < -0.3 is 25.7 Å². The zero-order valence-corrected chi connectivity index (χ0v) is 21.9. The fourth-order valence-electron chi connectivity index (χ4n) is 5.72. The molecule has 0 bridgehead atoms. The van der Waals surface area contributed by atoms with Crippen molar-refractivity contribution in [3.63, 3.8) is 0 Å². The van der Waals surface area contributed by atoms with Crippen molar-refractivity contribution in [2.24, 2.45) is 11.8 Å². The molecule has 3 unspecified atom stereocenters. The van der Waals surface area contributed by atoms with Crippen molar-refractivity contribution in [1.29, 1.82) is 0 Å². The second-order valence-electron chi connectivity index (χ2n) is 11.1. The Hall–Kier alpha value is -3.36. The standard InChI is InChI=1S/C28H38N4O5/c1-28(2)16-19(24(33)32-28)15-23(27(36)37-3)31-25(34)21(13-17-9-5-4-6-10-17)30-26(35)22-14-18-11-7-8-12-20(18)29-22/h7-8,11-12,14,17,19,21,23,29H,4-6,9-10,13,15-16H2,1-3H3,(H,30,35)(H,31,34)(H,32,33). The van der Waals surface area contributed by atoms with E-state index in [0.29, 0.717) is 24.5 Å². The SMILES string of the molecule is COC(=O)C(CC1CC(C)(C)NC1=O)NC(=O)C(CC1CCCCC1)NC(=O)c1cc2ccccc2[nH]1. The number of carbonyl (C=O) groups is 4. The number of rotatable bonds is 9. The number of benzene rings is 1. The zero-order valence-electron chi connectivity index (χ0n) is 21.9. The lowest BCUT2D eigenvalue weighted by atomic mass is 9.84. The maximum absolute atomic E-state index is 13.5. The first kappa shape index (κ1) is 26.7. The molecule has 1 aliphatic heterocycles. The molecule has 3 atom stereocenters. The number of hydrogen-bond acceptors (Lipinski definition) is 5. The molecule has 1 aromatic carbocycles. The third-order valence-electron chi connectivity index (χ3n) is 7.60. The van der Waals surface area contributed by atoms with Crippen molar-refractivity contribution in [1.82, 2.24) is 20.9 Å². The molecule has 4 N–H and O–H groups in total. The van der Waals surface area contributed by atoms with Gasteiger partial charge in [0, 0.05) is 22.4 Å². The Morgan fingerprint density at radius 1 is 1.05 bits per heavy atom. The van der Waals surface area contributed by atoms with Crippen LogP contribution in [0.2, 0.25) is 0 Å². The van der Waals surface area contributed by atoms with Crippen LogP contribution in [0.4, 0.5) is 0 Å². The topological polar surface area (TPSA) is 129 Å². The largest absolute Gasteiger partial charge is 0.467 e. The molecule has 200 valence electrons. The normalized spacial score (nSPS) is 21.2. The molecule has 2 fully saturated rings. The fraction of sp³-hybridized carbons (Fsp3) is 0.571. The van der Waals surface area contributed by atoms with Crippen molar-refractivity contribution in [2.75, 3.05) is 7.11 Å². The van der Waals surface area contributed by atoms with Crippen LogP contribution >= 0.6 is 0 Å². The highest BCUT2D eigenvalue weighted by atomic mass is 16.5. The minimum atomic E-state index is -0.985. The monoisotopic (exact) mass is 510 g/mol. The summed E-state index contributed by atoms with van der Waals surface area (Å²) in [7, 11) is 1.26. The molecule has 2 aliphatic rings. The number of H-pyrrole nitrogens is 1. The Balaban J connectivity index is 1.50. The lowest BCUT2D eigenvalue weighted by molar-refractivity contribution is -0.146. The van der Waals surface area contributed by atoms with Crippen LogP contribution in [0, 0.1) is 11.8 Å². The molecule has 1 saturated heterocycles. The highest BCUT2D eigenvalue weighted by Crippen LogP contribution is 2.29. The predicted octanol–water partition coefficient (Wildman–Crippen LogP) is 3.20. The van der Waals surface area contributed by atoms with Gasteiger partial charge in [0.1, 0.15) is 17.8 Å². The van der Waals surface area contributed by atoms with Crippen molar-refractivity contribution >= 4 is 34.6 Å². The van der Waals surface area contributed by atoms with Crippen LogP contribution in [0.5, 0.6) is 0 Å². The first-order valence-corrected chi connectivity index (χ1v) is 13.2. The number of amides is 3. The molecule has 4 rings (SSSR count). The zero-order chi connectivity index (χ0) is 26.6. The molecule has 1 aliphatic carbocycles. The summed E-state index contributed by atoms with van der Waals surface area (Å²) in [5.41, 5.74) is 0.838. The summed E-state index contributed by atoms with van der Waals surface area (Å²) in [6, 6.07) is 7.55. The van der Waals surface area contributed by atoms with Crippen LogP contribution in [0.15, 0.2) is 30.3 Å². The predicted molar refractivity (Wildman–Crippen MR) is 140 cm³/mol. The molecule has 2 heterocycles. The number of hydrogen-bond donors (Lipinski definition) is 4. The Morgan fingerprint density at radius 2 is 1.78 bits per heavy atom. The molecule has 3 amide bonds. The van der Waals surface area contributed by atoms with Gasteiger partial charge in [-0.2, -0.15) is 0 Å². The minimum absolute atomic E-state index is 0.139. The third-order valence-corrected chi connectivity index (χ3v) is 7.60. The second-order valence-corrected chi connectivity index (χ2v) is 11.1. The van der Waals surface area contributed by atoms with Crippen LogP contribution in [-0.4, -0.2) is 53.4 Å². The molecule has 37 heavy (non-hydrogen) atoms.